The van der Waals surface area contributed by atoms with E-state index in [1.54, 1.807) is 18.2 Å². The number of hydrogen-bond acceptors (Lipinski definition) is 4. The van der Waals surface area contributed by atoms with E-state index in [9.17, 15) is 4.79 Å². The van der Waals surface area contributed by atoms with Crippen molar-refractivity contribution in [3.05, 3.63) is 51.5 Å². The molecule has 0 unspecified atom stereocenters. The van der Waals surface area contributed by atoms with E-state index in [4.69, 9.17) is 38.4 Å². The molecule has 2 rings (SSSR count). The zero-order valence-electron chi connectivity index (χ0n) is 11.4. The smallest absolute Gasteiger partial charge is 0.198 e. The molecule has 0 aliphatic heterocycles. The summed E-state index contributed by atoms with van der Waals surface area (Å²) >= 11 is 12.2. The van der Waals surface area contributed by atoms with Crippen LogP contribution in [0.3, 0.4) is 0 Å². The molecule has 0 amide bonds. The quantitative estimate of drug-likeness (QED) is 0.685. The molecular weight excluding hydrogens is 313 g/mol. The van der Waals surface area contributed by atoms with Crippen LogP contribution in [0.25, 0.3) is 0 Å². The van der Waals surface area contributed by atoms with E-state index in [1.807, 2.05) is 0 Å². The van der Waals surface area contributed by atoms with Crippen LogP contribution >= 0.6 is 23.2 Å². The van der Waals surface area contributed by atoms with Crippen molar-refractivity contribution in [2.45, 2.75) is 0 Å². The molecular formula is C15H13Cl2NO3. The minimum absolute atomic E-state index is 0.216. The van der Waals surface area contributed by atoms with Crippen LogP contribution < -0.4 is 15.2 Å². The molecule has 2 aromatic rings. The van der Waals surface area contributed by atoms with Crippen LogP contribution in [0.1, 0.15) is 15.9 Å². The summed E-state index contributed by atoms with van der Waals surface area (Å²) in [6.07, 6.45) is 0. The Bertz CT molecular complexity index is 681. The second kappa shape index (κ2) is 6.24. The zero-order valence-corrected chi connectivity index (χ0v) is 13.0. The van der Waals surface area contributed by atoms with Crippen LogP contribution in [-0.2, 0) is 0 Å². The summed E-state index contributed by atoms with van der Waals surface area (Å²) in [5.41, 5.74) is 6.58. The van der Waals surface area contributed by atoms with E-state index in [2.05, 4.69) is 0 Å². The monoisotopic (exact) mass is 325 g/mol. The maximum atomic E-state index is 12.6. The van der Waals surface area contributed by atoms with Crippen LogP contribution in [0.15, 0.2) is 30.3 Å². The van der Waals surface area contributed by atoms with Crippen molar-refractivity contribution in [2.24, 2.45) is 0 Å². The Morgan fingerprint density at radius 2 is 1.67 bits per heavy atom. The van der Waals surface area contributed by atoms with Gasteiger partial charge in [-0.1, -0.05) is 29.3 Å². The molecule has 0 heterocycles. The Kier molecular flexibility index (Phi) is 4.60. The van der Waals surface area contributed by atoms with Gasteiger partial charge < -0.3 is 15.2 Å². The van der Waals surface area contributed by atoms with E-state index in [1.165, 1.54) is 26.4 Å². The van der Waals surface area contributed by atoms with E-state index in [-0.39, 0.29) is 27.0 Å². The predicted molar refractivity (Wildman–Crippen MR) is 83.9 cm³/mol. The van der Waals surface area contributed by atoms with Crippen molar-refractivity contribution in [1.82, 2.24) is 0 Å². The lowest BCUT2D eigenvalue weighted by Crippen LogP contribution is -2.07. The highest BCUT2D eigenvalue weighted by molar-refractivity contribution is 6.39. The third-order valence-electron chi connectivity index (χ3n) is 2.99. The minimum atomic E-state index is -0.371. The lowest BCUT2D eigenvalue weighted by molar-refractivity contribution is 0.103. The van der Waals surface area contributed by atoms with Crippen LogP contribution in [-0.4, -0.2) is 20.0 Å². The third-order valence-corrected chi connectivity index (χ3v) is 3.62. The fourth-order valence-electron chi connectivity index (χ4n) is 1.94. The van der Waals surface area contributed by atoms with E-state index in [0.717, 1.165) is 0 Å². The van der Waals surface area contributed by atoms with Gasteiger partial charge in [-0.05, 0) is 18.2 Å². The number of ketones is 1. The number of rotatable bonds is 4. The summed E-state index contributed by atoms with van der Waals surface area (Å²) in [7, 11) is 2.96. The van der Waals surface area contributed by atoms with Crippen LogP contribution in [0.2, 0.25) is 10.0 Å². The number of carbonyl (C=O) groups excluding carboxylic acids is 1. The number of halogens is 2. The average molecular weight is 326 g/mol. The molecule has 21 heavy (non-hydrogen) atoms. The van der Waals surface area contributed by atoms with Gasteiger partial charge in [0.1, 0.15) is 0 Å². The first-order chi connectivity index (χ1) is 9.99. The lowest BCUT2D eigenvalue weighted by atomic mass is 10.0. The second-order valence-corrected chi connectivity index (χ2v) is 5.03. The highest BCUT2D eigenvalue weighted by atomic mass is 35.5. The molecule has 2 aromatic carbocycles. The van der Waals surface area contributed by atoms with E-state index in [0.29, 0.717) is 17.2 Å². The van der Waals surface area contributed by atoms with Gasteiger partial charge in [-0.15, -0.1) is 0 Å². The predicted octanol–water partition coefficient (Wildman–Crippen LogP) is 3.82. The van der Waals surface area contributed by atoms with E-state index >= 15 is 0 Å². The fraction of sp³-hybridized carbons (Fsp3) is 0.133. The van der Waals surface area contributed by atoms with Gasteiger partial charge in [-0.25, -0.2) is 0 Å². The van der Waals surface area contributed by atoms with Crippen LogP contribution in [0, 0.1) is 0 Å². The molecule has 0 aromatic heterocycles. The van der Waals surface area contributed by atoms with Gasteiger partial charge in [0.05, 0.1) is 29.8 Å². The van der Waals surface area contributed by atoms with Gasteiger partial charge in [0.25, 0.3) is 0 Å². The molecule has 0 saturated carbocycles. The fourth-order valence-corrected chi connectivity index (χ4v) is 2.45. The largest absolute Gasteiger partial charge is 0.493 e. The summed E-state index contributed by atoms with van der Waals surface area (Å²) in [5.74, 6) is 0.464. The van der Waals surface area contributed by atoms with Crippen molar-refractivity contribution in [2.75, 3.05) is 20.0 Å². The lowest BCUT2D eigenvalue weighted by Gasteiger charge is -2.12. The summed E-state index contributed by atoms with van der Waals surface area (Å²) in [5, 5.41) is 0.503. The summed E-state index contributed by atoms with van der Waals surface area (Å²) in [4.78, 5) is 12.6. The van der Waals surface area contributed by atoms with Crippen molar-refractivity contribution in [3.8, 4) is 11.5 Å². The first-order valence-corrected chi connectivity index (χ1v) is 6.75. The van der Waals surface area contributed by atoms with E-state index < -0.39 is 0 Å². The Balaban J connectivity index is 2.59. The Morgan fingerprint density at radius 3 is 2.24 bits per heavy atom. The van der Waals surface area contributed by atoms with Gasteiger partial charge in [0.15, 0.2) is 17.3 Å². The maximum Gasteiger partial charge on any atom is 0.198 e. The van der Waals surface area contributed by atoms with Gasteiger partial charge >= 0.3 is 0 Å². The Morgan fingerprint density at radius 1 is 1.05 bits per heavy atom. The Hall–Kier alpha value is -1.91. The highest BCUT2D eigenvalue weighted by Crippen LogP contribution is 2.35. The number of benzene rings is 2. The molecule has 0 aliphatic carbocycles. The van der Waals surface area contributed by atoms with Crippen molar-refractivity contribution in [3.63, 3.8) is 0 Å². The molecule has 0 radical (unpaired) electrons. The number of nitrogen functional groups attached to an aromatic ring is 1. The van der Waals surface area contributed by atoms with Gasteiger partial charge in [0.2, 0.25) is 0 Å². The molecule has 0 spiro atoms. The molecule has 0 atom stereocenters. The molecule has 0 fully saturated rings. The van der Waals surface area contributed by atoms with Crippen molar-refractivity contribution < 1.29 is 14.3 Å². The molecule has 2 N–H and O–H groups in total. The number of carbonyl (C=O) groups is 1. The maximum absolute atomic E-state index is 12.6. The number of nitrogens with two attached hydrogens (primary N) is 1. The third kappa shape index (κ3) is 2.91. The average Bonchev–Trinajstić information content (AvgIpc) is 2.46. The SMILES string of the molecule is COc1cc(Cl)c(C(=O)c2c(N)cccc2Cl)cc1OC. The summed E-state index contributed by atoms with van der Waals surface area (Å²) in [6.45, 7) is 0. The summed E-state index contributed by atoms with van der Waals surface area (Å²) in [6, 6.07) is 7.89. The minimum Gasteiger partial charge on any atom is -0.493 e. The number of ether oxygens (including phenoxy) is 2. The van der Waals surface area contributed by atoms with Crippen molar-refractivity contribution >= 4 is 34.7 Å². The topological polar surface area (TPSA) is 61.5 Å². The van der Waals surface area contributed by atoms with Crippen molar-refractivity contribution in [1.29, 1.82) is 0 Å². The molecule has 4 nitrogen and oxygen atoms in total. The zero-order chi connectivity index (χ0) is 15.6. The normalized spacial score (nSPS) is 10.3. The molecule has 6 heteroatoms. The number of methoxy groups -OCH3 is 2. The summed E-state index contributed by atoms with van der Waals surface area (Å²) < 4.78 is 10.3. The van der Waals surface area contributed by atoms with Gasteiger partial charge in [-0.3, -0.25) is 4.79 Å². The Labute approximate surface area is 132 Å². The highest BCUT2D eigenvalue weighted by Gasteiger charge is 2.21. The first kappa shape index (κ1) is 15.5. The first-order valence-electron chi connectivity index (χ1n) is 5.99. The molecule has 110 valence electrons. The van der Waals surface area contributed by atoms with Gasteiger partial charge in [0, 0.05) is 17.3 Å². The number of hydrogen-bond donors (Lipinski definition) is 1. The second-order valence-electron chi connectivity index (χ2n) is 4.22. The molecule has 0 bridgehead atoms. The van der Waals surface area contributed by atoms with Crippen LogP contribution in [0.5, 0.6) is 11.5 Å². The van der Waals surface area contributed by atoms with Gasteiger partial charge in [-0.2, -0.15) is 0 Å². The van der Waals surface area contributed by atoms with Crippen LogP contribution in [0.4, 0.5) is 5.69 Å². The molecule has 0 aliphatic rings. The number of anilines is 1. The molecule has 0 saturated heterocycles. The standard InChI is InChI=1S/C15H13Cl2NO3/c1-20-12-6-8(10(17)7-13(12)21-2)15(19)14-9(16)4-3-5-11(14)18/h3-7H,18H2,1-2H3.